The minimum absolute atomic E-state index is 0.305. The third-order valence-electron chi connectivity index (χ3n) is 3.25. The predicted molar refractivity (Wildman–Crippen MR) is 87.7 cm³/mol. The van der Waals surface area contributed by atoms with Crippen molar-refractivity contribution in [2.24, 2.45) is 0 Å². The van der Waals surface area contributed by atoms with E-state index in [0.29, 0.717) is 22.5 Å². The van der Waals surface area contributed by atoms with Gasteiger partial charge in [0.25, 0.3) is 0 Å². The van der Waals surface area contributed by atoms with E-state index in [9.17, 15) is 8.78 Å². The van der Waals surface area contributed by atoms with Gasteiger partial charge < -0.3 is 0 Å². The molecule has 0 saturated heterocycles. The van der Waals surface area contributed by atoms with E-state index in [1.165, 1.54) is 40.9 Å². The summed E-state index contributed by atoms with van der Waals surface area (Å²) in [6.45, 7) is 0. The summed E-state index contributed by atoms with van der Waals surface area (Å²) in [4.78, 5) is 4.33. The second kappa shape index (κ2) is 5.75. The number of fused-ring (bicyclic) bond motifs is 1. The van der Waals surface area contributed by atoms with Gasteiger partial charge >= 0.3 is 0 Å². The van der Waals surface area contributed by atoms with E-state index in [1.807, 2.05) is 6.07 Å². The highest BCUT2D eigenvalue weighted by Crippen LogP contribution is 2.29. The molecule has 0 fully saturated rings. The average Bonchev–Trinajstić information content (AvgIpc) is 3.15. The van der Waals surface area contributed by atoms with E-state index >= 15 is 0 Å². The maximum absolute atomic E-state index is 13.7. The lowest BCUT2D eigenvalue weighted by atomic mass is 10.2. The van der Waals surface area contributed by atoms with Crippen molar-refractivity contribution >= 4 is 32.9 Å². The van der Waals surface area contributed by atoms with Crippen LogP contribution in [0.15, 0.2) is 42.5 Å². The van der Waals surface area contributed by atoms with E-state index in [4.69, 9.17) is 0 Å². The van der Waals surface area contributed by atoms with Crippen LogP contribution in [-0.2, 0) is 6.42 Å². The van der Waals surface area contributed by atoms with Crippen molar-refractivity contribution in [3.63, 3.8) is 0 Å². The molecule has 0 unspecified atom stereocenters. The van der Waals surface area contributed by atoms with Crippen molar-refractivity contribution in [1.29, 1.82) is 0 Å². The minimum Gasteiger partial charge on any atom is -0.238 e. The molecule has 2 aromatic carbocycles. The third-order valence-corrected chi connectivity index (χ3v) is 5.25. The smallest absolute Gasteiger partial charge is 0.150 e. The maximum atomic E-state index is 13.7. The normalized spacial score (nSPS) is 11.2. The molecule has 2 heterocycles. The van der Waals surface area contributed by atoms with E-state index in [2.05, 4.69) is 15.2 Å². The Morgan fingerprint density at radius 3 is 2.61 bits per heavy atom. The zero-order valence-corrected chi connectivity index (χ0v) is 13.3. The molecule has 0 saturated carbocycles. The Hall–Kier alpha value is -2.25. The molecule has 0 amide bonds. The van der Waals surface area contributed by atoms with Gasteiger partial charge in [0.05, 0.1) is 11.1 Å². The standard InChI is InChI=1S/C16H9F2N3S2/c17-10-4-1-3-9(7-10)16-21-20-14(23-16)8-13-19-15-11(18)5-2-6-12(15)22-13/h1-7H,8H2. The first kappa shape index (κ1) is 14.3. The average molecular weight is 345 g/mol. The maximum Gasteiger partial charge on any atom is 0.150 e. The molecule has 7 heteroatoms. The van der Waals surface area contributed by atoms with Gasteiger partial charge in [-0.2, -0.15) is 0 Å². The van der Waals surface area contributed by atoms with Gasteiger partial charge in [-0.15, -0.1) is 21.5 Å². The van der Waals surface area contributed by atoms with Crippen molar-refractivity contribution in [2.45, 2.75) is 6.42 Å². The number of halogens is 2. The molecule has 23 heavy (non-hydrogen) atoms. The molecule has 0 aliphatic carbocycles. The number of hydrogen-bond acceptors (Lipinski definition) is 5. The molecule has 0 N–H and O–H groups in total. The highest BCUT2D eigenvalue weighted by Gasteiger charge is 2.12. The van der Waals surface area contributed by atoms with Crippen LogP contribution in [0.1, 0.15) is 10.0 Å². The molecule has 0 spiro atoms. The summed E-state index contributed by atoms with van der Waals surface area (Å²) >= 11 is 2.83. The van der Waals surface area contributed by atoms with Gasteiger partial charge in [-0.25, -0.2) is 13.8 Å². The van der Waals surface area contributed by atoms with Crippen LogP contribution < -0.4 is 0 Å². The van der Waals surface area contributed by atoms with Crippen molar-refractivity contribution < 1.29 is 8.78 Å². The second-order valence-corrected chi connectivity index (χ2v) is 7.06. The summed E-state index contributed by atoms with van der Waals surface area (Å²) in [5.41, 5.74) is 1.09. The van der Waals surface area contributed by atoms with Gasteiger partial charge in [-0.1, -0.05) is 29.5 Å². The molecule has 114 valence electrons. The fraction of sp³-hybridized carbons (Fsp3) is 0.0625. The van der Waals surface area contributed by atoms with E-state index in [-0.39, 0.29) is 11.6 Å². The largest absolute Gasteiger partial charge is 0.238 e. The summed E-state index contributed by atoms with van der Waals surface area (Å²) in [6, 6.07) is 11.2. The van der Waals surface area contributed by atoms with Crippen LogP contribution >= 0.6 is 22.7 Å². The number of thiazole rings is 1. The molecular weight excluding hydrogens is 336 g/mol. The first-order chi connectivity index (χ1) is 11.2. The summed E-state index contributed by atoms with van der Waals surface area (Å²) < 4.78 is 27.8. The van der Waals surface area contributed by atoms with Gasteiger partial charge in [0.1, 0.15) is 32.2 Å². The summed E-state index contributed by atoms with van der Waals surface area (Å²) in [7, 11) is 0. The van der Waals surface area contributed by atoms with E-state index in [0.717, 1.165) is 14.7 Å². The summed E-state index contributed by atoms with van der Waals surface area (Å²) in [5, 5.41) is 10.4. The van der Waals surface area contributed by atoms with E-state index in [1.54, 1.807) is 18.2 Å². The summed E-state index contributed by atoms with van der Waals surface area (Å²) in [5.74, 6) is -0.622. The van der Waals surface area contributed by atoms with Gasteiger partial charge in [0.15, 0.2) is 0 Å². The molecule has 0 bridgehead atoms. The monoisotopic (exact) mass is 345 g/mol. The number of benzene rings is 2. The molecule has 0 atom stereocenters. The van der Waals surface area contributed by atoms with Gasteiger partial charge in [-0.3, -0.25) is 0 Å². The van der Waals surface area contributed by atoms with Crippen molar-refractivity contribution in [2.75, 3.05) is 0 Å². The van der Waals surface area contributed by atoms with Crippen LogP contribution in [0.4, 0.5) is 8.78 Å². The minimum atomic E-state index is -0.317. The zero-order chi connectivity index (χ0) is 15.8. The van der Waals surface area contributed by atoms with Crippen molar-refractivity contribution in [3.8, 4) is 10.6 Å². The Morgan fingerprint density at radius 2 is 1.78 bits per heavy atom. The fourth-order valence-corrected chi connectivity index (χ4v) is 4.15. The Labute approximate surface area is 138 Å². The molecule has 2 aromatic heterocycles. The number of hydrogen-bond donors (Lipinski definition) is 0. The SMILES string of the molecule is Fc1cccc(-c2nnc(Cc3nc4c(F)cccc4s3)s2)c1. The second-order valence-electron chi connectivity index (χ2n) is 4.88. The highest BCUT2D eigenvalue weighted by atomic mass is 32.1. The topological polar surface area (TPSA) is 38.7 Å². The van der Waals surface area contributed by atoms with Crippen LogP contribution in [0.25, 0.3) is 20.8 Å². The van der Waals surface area contributed by atoms with Crippen molar-refractivity contribution in [1.82, 2.24) is 15.2 Å². The van der Waals surface area contributed by atoms with E-state index < -0.39 is 0 Å². The first-order valence-corrected chi connectivity index (χ1v) is 8.44. The number of rotatable bonds is 3. The molecule has 0 aliphatic rings. The Kier molecular flexibility index (Phi) is 3.59. The van der Waals surface area contributed by atoms with Crippen LogP contribution in [0.2, 0.25) is 0 Å². The predicted octanol–water partition coefficient (Wildman–Crippen LogP) is 4.68. The number of aromatic nitrogens is 3. The Morgan fingerprint density at radius 1 is 0.913 bits per heavy atom. The van der Waals surface area contributed by atoms with Gasteiger partial charge in [0, 0.05) is 5.56 Å². The fourth-order valence-electron chi connectivity index (χ4n) is 2.23. The lowest BCUT2D eigenvalue weighted by molar-refractivity contribution is 0.628. The Balaban J connectivity index is 1.63. The molecule has 4 aromatic rings. The van der Waals surface area contributed by atoms with Gasteiger partial charge in [0.2, 0.25) is 0 Å². The highest BCUT2D eigenvalue weighted by molar-refractivity contribution is 7.19. The van der Waals surface area contributed by atoms with Crippen molar-refractivity contribution in [3.05, 3.63) is 64.1 Å². The van der Waals surface area contributed by atoms with Crippen LogP contribution in [-0.4, -0.2) is 15.2 Å². The molecule has 3 nitrogen and oxygen atoms in total. The van der Waals surface area contributed by atoms with Crippen LogP contribution in [0.5, 0.6) is 0 Å². The lowest BCUT2D eigenvalue weighted by Crippen LogP contribution is -1.86. The van der Waals surface area contributed by atoms with Gasteiger partial charge in [-0.05, 0) is 24.3 Å². The molecule has 0 radical (unpaired) electrons. The molecule has 4 rings (SSSR count). The number of para-hydroxylation sites is 1. The summed E-state index contributed by atoms with van der Waals surface area (Å²) in [6.07, 6.45) is 0.492. The molecule has 0 aliphatic heterocycles. The third kappa shape index (κ3) is 2.85. The first-order valence-electron chi connectivity index (χ1n) is 6.81. The lowest BCUT2D eigenvalue weighted by Gasteiger charge is -1.94. The van der Waals surface area contributed by atoms with Crippen LogP contribution in [0, 0.1) is 11.6 Å². The van der Waals surface area contributed by atoms with Crippen LogP contribution in [0.3, 0.4) is 0 Å². The Bertz CT molecular complexity index is 994. The quantitative estimate of drug-likeness (QED) is 0.541. The zero-order valence-electron chi connectivity index (χ0n) is 11.7. The number of nitrogens with zero attached hydrogens (tertiary/aromatic N) is 3. The molecular formula is C16H9F2N3S2.